The Bertz CT molecular complexity index is 1010. The number of hydrogen-bond acceptors (Lipinski definition) is 6. The molecular weight excluding hydrogens is 344 g/mol. The van der Waals surface area contributed by atoms with Gasteiger partial charge in [0.1, 0.15) is 28.9 Å². The largest absolute Gasteiger partial charge is 0.497 e. The SMILES string of the molecule is COc1cc(OC)cc(C(Nc2nc3ccccc3o2)c2nccn2C)c1. The molecule has 1 atom stereocenters. The summed E-state index contributed by atoms with van der Waals surface area (Å²) in [5, 5.41) is 3.36. The molecule has 0 spiro atoms. The van der Waals surface area contributed by atoms with Crippen LogP contribution in [0.1, 0.15) is 17.4 Å². The summed E-state index contributed by atoms with van der Waals surface area (Å²) in [7, 11) is 5.20. The smallest absolute Gasteiger partial charge is 0.296 e. The van der Waals surface area contributed by atoms with Crippen LogP contribution in [0.15, 0.2) is 59.3 Å². The van der Waals surface area contributed by atoms with Gasteiger partial charge in [0.25, 0.3) is 6.01 Å². The van der Waals surface area contributed by atoms with Crippen molar-refractivity contribution in [3.05, 3.63) is 66.2 Å². The summed E-state index contributed by atoms with van der Waals surface area (Å²) in [5.74, 6) is 2.21. The van der Waals surface area contributed by atoms with E-state index >= 15 is 0 Å². The first-order valence-electron chi connectivity index (χ1n) is 8.50. The van der Waals surface area contributed by atoms with Crippen LogP contribution in [0.4, 0.5) is 6.01 Å². The quantitative estimate of drug-likeness (QED) is 0.561. The van der Waals surface area contributed by atoms with Crippen LogP contribution >= 0.6 is 0 Å². The molecule has 4 aromatic rings. The number of aryl methyl sites for hydroxylation is 1. The summed E-state index contributed by atoms with van der Waals surface area (Å²) in [6, 6.07) is 13.5. The van der Waals surface area contributed by atoms with Crippen LogP contribution in [-0.4, -0.2) is 28.8 Å². The number of rotatable bonds is 6. The first kappa shape index (κ1) is 17.0. The van der Waals surface area contributed by atoms with Gasteiger partial charge in [0.2, 0.25) is 0 Å². The zero-order valence-corrected chi connectivity index (χ0v) is 15.3. The molecule has 7 nitrogen and oxygen atoms in total. The minimum Gasteiger partial charge on any atom is -0.497 e. The monoisotopic (exact) mass is 364 g/mol. The summed E-state index contributed by atoms with van der Waals surface area (Å²) >= 11 is 0. The Hall–Kier alpha value is -3.48. The first-order valence-corrected chi connectivity index (χ1v) is 8.50. The second kappa shape index (κ2) is 7.03. The molecule has 0 aliphatic rings. The summed E-state index contributed by atoms with van der Waals surface area (Å²) < 4.78 is 18.6. The molecule has 1 unspecified atom stereocenters. The molecule has 0 saturated heterocycles. The van der Waals surface area contributed by atoms with Crippen LogP contribution in [0, 0.1) is 0 Å². The molecule has 0 amide bonds. The van der Waals surface area contributed by atoms with Gasteiger partial charge in [-0.3, -0.25) is 0 Å². The van der Waals surface area contributed by atoms with Crippen molar-refractivity contribution < 1.29 is 13.9 Å². The van der Waals surface area contributed by atoms with E-state index in [-0.39, 0.29) is 6.04 Å². The van der Waals surface area contributed by atoms with Crippen molar-refractivity contribution in [1.82, 2.24) is 14.5 Å². The normalized spacial score (nSPS) is 12.1. The second-order valence-corrected chi connectivity index (χ2v) is 6.11. The van der Waals surface area contributed by atoms with Gasteiger partial charge in [-0.15, -0.1) is 0 Å². The predicted octanol–water partition coefficient (Wildman–Crippen LogP) is 3.78. The van der Waals surface area contributed by atoms with E-state index in [1.807, 2.05) is 60.3 Å². The maximum atomic E-state index is 5.85. The van der Waals surface area contributed by atoms with Crippen LogP contribution in [0.5, 0.6) is 11.5 Å². The molecule has 7 heteroatoms. The zero-order chi connectivity index (χ0) is 18.8. The molecule has 0 aliphatic heterocycles. The lowest BCUT2D eigenvalue weighted by molar-refractivity contribution is 0.393. The number of para-hydroxylation sites is 2. The first-order chi connectivity index (χ1) is 13.2. The number of aromatic nitrogens is 3. The molecule has 138 valence electrons. The van der Waals surface area contributed by atoms with Gasteiger partial charge in [-0.2, -0.15) is 4.98 Å². The molecule has 2 aromatic heterocycles. The molecule has 0 radical (unpaired) electrons. The number of methoxy groups -OCH3 is 2. The highest BCUT2D eigenvalue weighted by molar-refractivity contribution is 5.74. The topological polar surface area (TPSA) is 74.3 Å². The van der Waals surface area contributed by atoms with E-state index in [9.17, 15) is 0 Å². The number of nitrogens with one attached hydrogen (secondary N) is 1. The van der Waals surface area contributed by atoms with Gasteiger partial charge in [-0.05, 0) is 29.8 Å². The lowest BCUT2D eigenvalue weighted by atomic mass is 10.1. The van der Waals surface area contributed by atoms with Crippen molar-refractivity contribution >= 4 is 17.1 Å². The van der Waals surface area contributed by atoms with E-state index in [2.05, 4.69) is 15.3 Å². The lowest BCUT2D eigenvalue weighted by Crippen LogP contribution is -2.17. The Kier molecular flexibility index (Phi) is 4.42. The summed E-state index contributed by atoms with van der Waals surface area (Å²) in [4.78, 5) is 9.03. The third kappa shape index (κ3) is 3.31. The van der Waals surface area contributed by atoms with E-state index < -0.39 is 0 Å². The number of fused-ring (bicyclic) bond motifs is 1. The Balaban J connectivity index is 1.79. The summed E-state index contributed by atoms with van der Waals surface area (Å²) in [6.07, 6.45) is 3.65. The number of benzene rings is 2. The molecule has 0 fully saturated rings. The second-order valence-electron chi connectivity index (χ2n) is 6.11. The molecule has 4 rings (SSSR count). The molecule has 2 aromatic carbocycles. The highest BCUT2D eigenvalue weighted by Gasteiger charge is 2.22. The number of oxazole rings is 1. The van der Waals surface area contributed by atoms with Crippen LogP contribution in [-0.2, 0) is 7.05 Å². The van der Waals surface area contributed by atoms with E-state index in [4.69, 9.17) is 13.9 Å². The van der Waals surface area contributed by atoms with E-state index in [0.717, 1.165) is 22.5 Å². The lowest BCUT2D eigenvalue weighted by Gasteiger charge is -2.19. The fourth-order valence-electron chi connectivity index (χ4n) is 3.01. The van der Waals surface area contributed by atoms with Gasteiger partial charge < -0.3 is 23.8 Å². The predicted molar refractivity (Wildman–Crippen MR) is 102 cm³/mol. The molecule has 1 N–H and O–H groups in total. The van der Waals surface area contributed by atoms with Crippen LogP contribution in [0.3, 0.4) is 0 Å². The van der Waals surface area contributed by atoms with Crippen molar-refractivity contribution in [3.8, 4) is 11.5 Å². The molecule has 0 aliphatic carbocycles. The van der Waals surface area contributed by atoms with Crippen LogP contribution < -0.4 is 14.8 Å². The summed E-state index contributed by atoms with van der Waals surface area (Å²) in [5.41, 5.74) is 2.44. The van der Waals surface area contributed by atoms with Gasteiger partial charge in [0, 0.05) is 25.5 Å². The minimum absolute atomic E-state index is 0.304. The molecule has 2 heterocycles. The standard InChI is InChI=1S/C20H20N4O3/c1-24-9-8-21-19(24)18(13-10-14(25-2)12-15(11-13)26-3)23-20-22-16-6-4-5-7-17(16)27-20/h4-12,18H,1-3H3,(H,22,23). The highest BCUT2D eigenvalue weighted by Crippen LogP contribution is 2.32. The Morgan fingerprint density at radius 3 is 2.44 bits per heavy atom. The van der Waals surface area contributed by atoms with E-state index in [1.165, 1.54) is 0 Å². The number of imidazole rings is 1. The van der Waals surface area contributed by atoms with Gasteiger partial charge in [0.05, 0.1) is 14.2 Å². The van der Waals surface area contributed by atoms with Gasteiger partial charge in [-0.1, -0.05) is 12.1 Å². The van der Waals surface area contributed by atoms with Gasteiger partial charge in [0.15, 0.2) is 5.58 Å². The van der Waals surface area contributed by atoms with E-state index in [1.54, 1.807) is 20.4 Å². The Labute approximate surface area is 156 Å². The van der Waals surface area contributed by atoms with Gasteiger partial charge in [-0.25, -0.2) is 4.98 Å². The number of nitrogens with zero attached hydrogens (tertiary/aromatic N) is 3. The van der Waals surface area contributed by atoms with Crippen molar-refractivity contribution in [2.24, 2.45) is 7.05 Å². The number of ether oxygens (including phenoxy) is 2. The van der Waals surface area contributed by atoms with Crippen molar-refractivity contribution in [1.29, 1.82) is 0 Å². The van der Waals surface area contributed by atoms with Gasteiger partial charge >= 0.3 is 0 Å². The molecule has 27 heavy (non-hydrogen) atoms. The average molecular weight is 364 g/mol. The fraction of sp³-hybridized carbons (Fsp3) is 0.200. The maximum absolute atomic E-state index is 5.85. The Morgan fingerprint density at radius 2 is 1.81 bits per heavy atom. The molecule has 0 bridgehead atoms. The maximum Gasteiger partial charge on any atom is 0.296 e. The number of anilines is 1. The average Bonchev–Trinajstić information content (AvgIpc) is 3.30. The molecule has 0 saturated carbocycles. The summed E-state index contributed by atoms with van der Waals surface area (Å²) in [6.45, 7) is 0. The minimum atomic E-state index is -0.304. The van der Waals surface area contributed by atoms with E-state index in [0.29, 0.717) is 17.5 Å². The fourth-order valence-corrected chi connectivity index (χ4v) is 3.01. The number of hydrogen-bond donors (Lipinski definition) is 1. The zero-order valence-electron chi connectivity index (χ0n) is 15.3. The van der Waals surface area contributed by atoms with Crippen molar-refractivity contribution in [3.63, 3.8) is 0 Å². The van der Waals surface area contributed by atoms with Crippen molar-refractivity contribution in [2.75, 3.05) is 19.5 Å². The Morgan fingerprint density at radius 1 is 1.07 bits per heavy atom. The third-order valence-corrected chi connectivity index (χ3v) is 4.39. The highest BCUT2D eigenvalue weighted by atomic mass is 16.5. The van der Waals surface area contributed by atoms with Crippen LogP contribution in [0.25, 0.3) is 11.1 Å². The third-order valence-electron chi connectivity index (χ3n) is 4.39. The van der Waals surface area contributed by atoms with Crippen molar-refractivity contribution in [2.45, 2.75) is 6.04 Å². The molecular formula is C20H20N4O3. The van der Waals surface area contributed by atoms with Crippen LogP contribution in [0.2, 0.25) is 0 Å².